The molecule has 1 aromatic rings. The minimum absolute atomic E-state index is 0. The van der Waals surface area contributed by atoms with Gasteiger partial charge in [0.05, 0.1) is 6.54 Å². The van der Waals surface area contributed by atoms with Crippen LogP contribution < -0.4 is 15.4 Å². The maximum atomic E-state index is 9.55. The first-order valence-corrected chi connectivity index (χ1v) is 11.1. The number of aliphatic hydroxyl groups is 1. The number of benzene rings is 1. The Labute approximate surface area is 199 Å². The summed E-state index contributed by atoms with van der Waals surface area (Å²) in [7, 11) is 4.09. The molecule has 30 heavy (non-hydrogen) atoms. The number of rotatable bonds is 11. The average molecular weight is 533 g/mol. The molecule has 1 fully saturated rings. The van der Waals surface area contributed by atoms with Gasteiger partial charge in [0.2, 0.25) is 0 Å². The number of nitrogens with one attached hydrogen (secondary N) is 2. The van der Waals surface area contributed by atoms with E-state index >= 15 is 0 Å². The van der Waals surface area contributed by atoms with Gasteiger partial charge in [-0.15, -0.1) is 24.0 Å². The van der Waals surface area contributed by atoms with Gasteiger partial charge in [-0.25, -0.2) is 4.99 Å². The molecular formula is C23H41IN4O2. The Morgan fingerprint density at radius 3 is 2.57 bits per heavy atom. The molecule has 0 radical (unpaired) electrons. The summed E-state index contributed by atoms with van der Waals surface area (Å²) >= 11 is 0. The Hall–Kier alpha value is -1.06. The minimum atomic E-state index is 0. The summed E-state index contributed by atoms with van der Waals surface area (Å²) in [6.07, 6.45) is 7.05. The topological polar surface area (TPSA) is 69.1 Å². The van der Waals surface area contributed by atoms with Crippen LogP contribution >= 0.6 is 24.0 Å². The molecule has 6 nitrogen and oxygen atoms in total. The van der Waals surface area contributed by atoms with E-state index < -0.39 is 0 Å². The van der Waals surface area contributed by atoms with E-state index in [1.54, 1.807) is 0 Å². The summed E-state index contributed by atoms with van der Waals surface area (Å²) in [6.45, 7) is 6.14. The molecule has 0 spiro atoms. The van der Waals surface area contributed by atoms with Gasteiger partial charge in [-0.05, 0) is 51.8 Å². The smallest absolute Gasteiger partial charge is 0.191 e. The van der Waals surface area contributed by atoms with Crippen molar-refractivity contribution in [2.24, 2.45) is 10.4 Å². The van der Waals surface area contributed by atoms with Crippen LogP contribution in [0.4, 0.5) is 0 Å². The number of hydrogen-bond acceptors (Lipinski definition) is 4. The number of aliphatic imine (C=N–C) groups is 1. The summed E-state index contributed by atoms with van der Waals surface area (Å²) < 4.78 is 5.96. The standard InChI is InChI=1S/C23H40N4O2.HI/c1-4-24-22(26-19-23(14-16-28)12-8-5-9-13-23)25-18-20-10-6-7-11-21(20)29-17-15-27(2)3;/h6-7,10-11,28H,4-5,8-9,12-19H2,1-3H3,(H2,24,25,26);1H. The van der Waals surface area contributed by atoms with Crippen LogP contribution in [0.25, 0.3) is 0 Å². The van der Waals surface area contributed by atoms with Gasteiger partial charge in [-0.2, -0.15) is 0 Å². The Balaban J connectivity index is 0.00000450. The van der Waals surface area contributed by atoms with Gasteiger partial charge in [0.25, 0.3) is 0 Å². The zero-order chi connectivity index (χ0) is 21.0. The highest BCUT2D eigenvalue weighted by molar-refractivity contribution is 14.0. The van der Waals surface area contributed by atoms with Crippen molar-refractivity contribution in [2.75, 3.05) is 46.9 Å². The average Bonchev–Trinajstić information content (AvgIpc) is 2.72. The fraction of sp³-hybridized carbons (Fsp3) is 0.696. The van der Waals surface area contributed by atoms with Gasteiger partial charge >= 0.3 is 0 Å². The number of aliphatic hydroxyl groups excluding tert-OH is 1. The first-order chi connectivity index (χ1) is 14.1. The summed E-state index contributed by atoms with van der Waals surface area (Å²) in [4.78, 5) is 6.92. The number of para-hydroxylation sites is 1. The molecule has 1 saturated carbocycles. The Morgan fingerprint density at radius 1 is 1.17 bits per heavy atom. The molecule has 0 aliphatic heterocycles. The molecule has 0 unspecified atom stereocenters. The van der Waals surface area contributed by atoms with E-state index in [1.165, 1.54) is 32.1 Å². The molecule has 7 heteroatoms. The lowest BCUT2D eigenvalue weighted by atomic mass is 9.72. The molecular weight excluding hydrogens is 491 g/mol. The highest BCUT2D eigenvalue weighted by atomic mass is 127. The second kappa shape index (κ2) is 14.9. The van der Waals surface area contributed by atoms with Crippen molar-refractivity contribution in [1.82, 2.24) is 15.5 Å². The summed E-state index contributed by atoms with van der Waals surface area (Å²) in [6, 6.07) is 8.12. The molecule has 0 bridgehead atoms. The van der Waals surface area contributed by atoms with Crippen molar-refractivity contribution in [2.45, 2.75) is 52.0 Å². The number of halogens is 1. The van der Waals surface area contributed by atoms with Gasteiger partial charge in [-0.3, -0.25) is 0 Å². The number of likely N-dealkylation sites (N-methyl/N-ethyl adjacent to an activating group) is 1. The van der Waals surface area contributed by atoms with E-state index in [4.69, 9.17) is 9.73 Å². The molecule has 3 N–H and O–H groups in total. The predicted molar refractivity (Wildman–Crippen MR) is 136 cm³/mol. The van der Waals surface area contributed by atoms with E-state index in [0.717, 1.165) is 43.3 Å². The number of guanidine groups is 1. The second-order valence-electron chi connectivity index (χ2n) is 8.34. The van der Waals surface area contributed by atoms with Gasteiger partial charge in [0, 0.05) is 31.8 Å². The molecule has 0 saturated heterocycles. The zero-order valence-electron chi connectivity index (χ0n) is 19.0. The van der Waals surface area contributed by atoms with Crippen LogP contribution in [0.3, 0.4) is 0 Å². The fourth-order valence-electron chi connectivity index (χ4n) is 3.94. The lowest BCUT2D eigenvalue weighted by Crippen LogP contribution is -2.44. The monoisotopic (exact) mass is 532 g/mol. The van der Waals surface area contributed by atoms with Crippen molar-refractivity contribution in [1.29, 1.82) is 0 Å². The predicted octanol–water partition coefficient (Wildman–Crippen LogP) is 3.63. The SMILES string of the molecule is CCNC(=NCc1ccccc1OCCN(C)C)NCC1(CCO)CCCCC1.I. The number of nitrogens with zero attached hydrogens (tertiary/aromatic N) is 2. The zero-order valence-corrected chi connectivity index (χ0v) is 21.3. The fourth-order valence-corrected chi connectivity index (χ4v) is 3.94. The van der Waals surface area contributed by atoms with Crippen LogP contribution in [0, 0.1) is 5.41 Å². The summed E-state index contributed by atoms with van der Waals surface area (Å²) in [5.41, 5.74) is 1.28. The quantitative estimate of drug-likeness (QED) is 0.231. The van der Waals surface area contributed by atoms with Crippen LogP contribution in [-0.2, 0) is 6.54 Å². The van der Waals surface area contributed by atoms with Crippen molar-refractivity contribution >= 4 is 29.9 Å². The van der Waals surface area contributed by atoms with Gasteiger partial charge in [-0.1, -0.05) is 37.5 Å². The highest BCUT2D eigenvalue weighted by Gasteiger charge is 2.31. The van der Waals surface area contributed by atoms with Crippen molar-refractivity contribution in [3.8, 4) is 5.75 Å². The van der Waals surface area contributed by atoms with Crippen LogP contribution in [0.5, 0.6) is 5.75 Å². The first kappa shape index (κ1) is 27.0. The molecule has 172 valence electrons. The number of hydrogen-bond donors (Lipinski definition) is 3. The van der Waals surface area contributed by atoms with E-state index in [9.17, 15) is 5.11 Å². The molecule has 1 aliphatic carbocycles. The molecule has 0 aromatic heterocycles. The Kier molecular flexibility index (Phi) is 13.4. The third-order valence-corrected chi connectivity index (χ3v) is 5.71. The maximum Gasteiger partial charge on any atom is 0.191 e. The lowest BCUT2D eigenvalue weighted by Gasteiger charge is -2.37. The highest BCUT2D eigenvalue weighted by Crippen LogP contribution is 2.38. The summed E-state index contributed by atoms with van der Waals surface area (Å²) in [5, 5.41) is 16.5. The van der Waals surface area contributed by atoms with Gasteiger partial charge < -0.3 is 25.4 Å². The lowest BCUT2D eigenvalue weighted by molar-refractivity contribution is 0.131. The maximum absolute atomic E-state index is 9.55. The molecule has 0 amide bonds. The van der Waals surface area contributed by atoms with E-state index in [2.05, 4.69) is 28.5 Å². The molecule has 2 rings (SSSR count). The molecule has 0 heterocycles. The van der Waals surface area contributed by atoms with Crippen LogP contribution in [0.1, 0.15) is 51.0 Å². The van der Waals surface area contributed by atoms with Crippen LogP contribution in [-0.4, -0.2) is 62.9 Å². The third-order valence-electron chi connectivity index (χ3n) is 5.71. The third kappa shape index (κ3) is 9.39. The van der Waals surface area contributed by atoms with Crippen LogP contribution in [0.2, 0.25) is 0 Å². The normalized spacial score (nSPS) is 16.1. The van der Waals surface area contributed by atoms with Crippen LogP contribution in [0.15, 0.2) is 29.3 Å². The van der Waals surface area contributed by atoms with Gasteiger partial charge in [0.1, 0.15) is 12.4 Å². The van der Waals surface area contributed by atoms with E-state index in [1.807, 2.05) is 32.3 Å². The van der Waals surface area contributed by atoms with Crippen molar-refractivity contribution in [3.63, 3.8) is 0 Å². The Bertz CT molecular complexity index is 613. The van der Waals surface area contributed by atoms with Crippen molar-refractivity contribution < 1.29 is 9.84 Å². The van der Waals surface area contributed by atoms with Gasteiger partial charge in [0.15, 0.2) is 5.96 Å². The second-order valence-corrected chi connectivity index (χ2v) is 8.34. The number of ether oxygens (including phenoxy) is 1. The van der Waals surface area contributed by atoms with E-state index in [-0.39, 0.29) is 36.0 Å². The summed E-state index contributed by atoms with van der Waals surface area (Å²) in [5.74, 6) is 1.73. The van der Waals surface area contributed by atoms with E-state index in [0.29, 0.717) is 13.2 Å². The molecule has 1 aromatic carbocycles. The van der Waals surface area contributed by atoms with Crippen molar-refractivity contribution in [3.05, 3.63) is 29.8 Å². The molecule has 1 aliphatic rings. The minimum Gasteiger partial charge on any atom is -0.492 e. The first-order valence-electron chi connectivity index (χ1n) is 11.1. The molecule has 0 atom stereocenters. The largest absolute Gasteiger partial charge is 0.492 e. The Morgan fingerprint density at radius 2 is 1.90 bits per heavy atom.